The molecule has 1 N–H and O–H groups in total. The van der Waals surface area contributed by atoms with Crippen LogP contribution in [0.1, 0.15) is 31.0 Å². The summed E-state index contributed by atoms with van der Waals surface area (Å²) in [4.78, 5) is 21.0. The van der Waals surface area contributed by atoms with Crippen LogP contribution in [0.4, 0.5) is 4.39 Å². The number of halogens is 1. The van der Waals surface area contributed by atoms with E-state index in [1.54, 1.807) is 24.5 Å². The minimum atomic E-state index is -0.740. The predicted octanol–water partition coefficient (Wildman–Crippen LogP) is 3.42. The highest BCUT2D eigenvalue weighted by Crippen LogP contribution is 2.41. The molecule has 1 aliphatic heterocycles. The number of carbonyl (C=O) groups is 1. The number of amidine groups is 1. The highest BCUT2D eigenvalue weighted by atomic mass is 32.2. The van der Waals surface area contributed by atoms with Gasteiger partial charge < -0.3 is 5.32 Å². The molecule has 2 aromatic rings. The van der Waals surface area contributed by atoms with Crippen LogP contribution in [0.5, 0.6) is 0 Å². The van der Waals surface area contributed by atoms with Crippen molar-refractivity contribution in [2.24, 2.45) is 4.99 Å². The first-order valence-corrected chi connectivity index (χ1v) is 8.05. The maximum absolute atomic E-state index is 13.0. The van der Waals surface area contributed by atoms with Crippen molar-refractivity contribution in [3.63, 3.8) is 0 Å². The lowest BCUT2D eigenvalue weighted by Gasteiger charge is -2.18. The number of carbonyl (C=O) groups excluding carboxylic acids is 1. The molecule has 6 heteroatoms. The van der Waals surface area contributed by atoms with E-state index in [0.29, 0.717) is 5.17 Å². The number of hydrogen-bond donors (Lipinski definition) is 1. The third-order valence-corrected chi connectivity index (χ3v) is 5.06. The van der Waals surface area contributed by atoms with Gasteiger partial charge >= 0.3 is 0 Å². The van der Waals surface area contributed by atoms with Crippen LogP contribution in [-0.2, 0) is 9.54 Å². The summed E-state index contributed by atoms with van der Waals surface area (Å²) in [6.45, 7) is 3.77. The molecule has 4 nitrogen and oxygen atoms in total. The second kappa shape index (κ2) is 6.12. The van der Waals surface area contributed by atoms with Crippen LogP contribution < -0.4 is 5.32 Å². The molecule has 0 spiro atoms. The van der Waals surface area contributed by atoms with E-state index in [1.807, 2.05) is 26.0 Å². The first-order valence-electron chi connectivity index (χ1n) is 7.23. The number of benzene rings is 1. The quantitative estimate of drug-likeness (QED) is 0.939. The fraction of sp³-hybridized carbons (Fsp3) is 0.235. The second-order valence-electron chi connectivity index (χ2n) is 5.49. The molecule has 1 aromatic heterocycles. The lowest BCUT2D eigenvalue weighted by atomic mass is 10.0. The van der Waals surface area contributed by atoms with Crippen LogP contribution in [0.25, 0.3) is 0 Å². The average molecular weight is 329 g/mol. The number of pyridine rings is 1. The molecule has 1 amide bonds. The summed E-state index contributed by atoms with van der Waals surface area (Å²) in [6, 6.07) is 9.74. The van der Waals surface area contributed by atoms with Gasteiger partial charge in [-0.25, -0.2) is 4.39 Å². The molecular weight excluding hydrogens is 313 g/mol. The van der Waals surface area contributed by atoms with E-state index < -0.39 is 4.75 Å². The zero-order valence-electron chi connectivity index (χ0n) is 12.8. The molecule has 0 aliphatic carbocycles. The first-order chi connectivity index (χ1) is 11.0. The molecule has 23 heavy (non-hydrogen) atoms. The van der Waals surface area contributed by atoms with Crippen molar-refractivity contribution in [3.05, 3.63) is 65.7 Å². The van der Waals surface area contributed by atoms with Gasteiger partial charge in [0.15, 0.2) is 5.17 Å². The summed E-state index contributed by atoms with van der Waals surface area (Å²) in [7, 11) is 0. The maximum atomic E-state index is 13.0. The zero-order valence-corrected chi connectivity index (χ0v) is 13.6. The van der Waals surface area contributed by atoms with E-state index >= 15 is 0 Å². The summed E-state index contributed by atoms with van der Waals surface area (Å²) in [5.74, 6) is -0.387. The van der Waals surface area contributed by atoms with Gasteiger partial charge in [0.2, 0.25) is 5.91 Å². The maximum Gasteiger partial charge on any atom is 0.246 e. The Bertz CT molecular complexity index is 748. The largest absolute Gasteiger partial charge is 0.304 e. The molecule has 118 valence electrons. The van der Waals surface area contributed by atoms with Crippen molar-refractivity contribution in [3.8, 4) is 0 Å². The van der Waals surface area contributed by atoms with Crippen molar-refractivity contribution >= 4 is 22.8 Å². The number of aliphatic imine (C=N–C) groups is 1. The Morgan fingerprint density at radius 2 is 2.04 bits per heavy atom. The zero-order chi connectivity index (χ0) is 16.4. The molecule has 0 bridgehead atoms. The summed E-state index contributed by atoms with van der Waals surface area (Å²) < 4.78 is 12.3. The topological polar surface area (TPSA) is 54.4 Å². The third kappa shape index (κ3) is 3.12. The molecule has 0 saturated carbocycles. The van der Waals surface area contributed by atoms with Gasteiger partial charge in [0.05, 0.1) is 6.04 Å². The summed E-state index contributed by atoms with van der Waals surface area (Å²) in [5, 5.41) is 3.39. The van der Waals surface area contributed by atoms with E-state index in [9.17, 15) is 9.18 Å². The molecule has 1 aromatic carbocycles. The molecule has 1 saturated heterocycles. The number of amides is 1. The minimum absolute atomic E-state index is 0.111. The Balaban J connectivity index is 1.83. The van der Waals surface area contributed by atoms with Crippen molar-refractivity contribution < 1.29 is 9.18 Å². The Hall–Kier alpha value is -2.21. The Morgan fingerprint density at radius 3 is 2.70 bits per heavy atom. The summed E-state index contributed by atoms with van der Waals surface area (Å²) >= 11 is 1.38. The number of hydrogen-bond acceptors (Lipinski definition) is 4. The lowest BCUT2D eigenvalue weighted by Crippen LogP contribution is -2.31. The lowest BCUT2D eigenvalue weighted by molar-refractivity contribution is -0.121. The van der Waals surface area contributed by atoms with Crippen molar-refractivity contribution in [2.45, 2.75) is 24.6 Å². The Labute approximate surface area is 138 Å². The van der Waals surface area contributed by atoms with Gasteiger partial charge in [0.1, 0.15) is 10.6 Å². The number of aromatic nitrogens is 1. The fourth-order valence-corrected chi connectivity index (χ4v) is 3.49. The standard InChI is InChI=1S/C17H16FN3OS/c1-11(12-5-7-14(18)8-6-12)20-16-21-15(22)17(2,23-16)13-4-3-9-19-10-13/h3-11H,1-2H3,(H,20,21,22)/t11-,17+/m1/s1. The van der Waals surface area contributed by atoms with Gasteiger partial charge in [-0.1, -0.05) is 30.0 Å². The normalized spacial score (nSPS) is 23.8. The molecule has 1 aliphatic rings. The summed E-state index contributed by atoms with van der Waals surface area (Å²) in [6.07, 6.45) is 3.37. The van der Waals surface area contributed by atoms with Crippen LogP contribution in [0.3, 0.4) is 0 Å². The molecule has 0 radical (unpaired) electrons. The van der Waals surface area contributed by atoms with Crippen LogP contribution in [0, 0.1) is 5.82 Å². The number of rotatable bonds is 3. The van der Waals surface area contributed by atoms with Gasteiger partial charge in [-0.2, -0.15) is 0 Å². The predicted molar refractivity (Wildman–Crippen MR) is 89.6 cm³/mol. The Morgan fingerprint density at radius 1 is 1.30 bits per heavy atom. The highest BCUT2D eigenvalue weighted by molar-refractivity contribution is 8.15. The van der Waals surface area contributed by atoms with E-state index in [4.69, 9.17) is 0 Å². The van der Waals surface area contributed by atoms with Gasteiger partial charge in [-0.15, -0.1) is 0 Å². The van der Waals surface area contributed by atoms with Gasteiger partial charge in [0, 0.05) is 12.4 Å². The van der Waals surface area contributed by atoms with Crippen LogP contribution >= 0.6 is 11.8 Å². The van der Waals surface area contributed by atoms with Crippen LogP contribution in [-0.4, -0.2) is 16.1 Å². The van der Waals surface area contributed by atoms with E-state index in [-0.39, 0.29) is 17.8 Å². The van der Waals surface area contributed by atoms with E-state index in [0.717, 1.165) is 11.1 Å². The highest BCUT2D eigenvalue weighted by Gasteiger charge is 2.44. The minimum Gasteiger partial charge on any atom is -0.304 e. The third-order valence-electron chi connectivity index (χ3n) is 3.83. The van der Waals surface area contributed by atoms with Crippen molar-refractivity contribution in [2.75, 3.05) is 0 Å². The average Bonchev–Trinajstić information content (AvgIpc) is 2.84. The molecule has 1 fully saturated rings. The smallest absolute Gasteiger partial charge is 0.246 e. The van der Waals surface area contributed by atoms with Gasteiger partial charge in [0.25, 0.3) is 0 Å². The Kier molecular flexibility index (Phi) is 4.17. The number of thioether (sulfide) groups is 1. The SMILES string of the molecule is C[C@@H](N=C1NC(=O)[C@](C)(c2cccnc2)S1)c1ccc(F)cc1. The molecule has 3 rings (SSSR count). The van der Waals surface area contributed by atoms with Gasteiger partial charge in [-0.3, -0.25) is 14.8 Å². The van der Waals surface area contributed by atoms with Crippen molar-refractivity contribution in [1.29, 1.82) is 0 Å². The number of nitrogens with zero attached hydrogens (tertiary/aromatic N) is 2. The molecule has 0 unspecified atom stereocenters. The van der Waals surface area contributed by atoms with Crippen LogP contribution in [0.15, 0.2) is 53.8 Å². The molecule has 2 atom stereocenters. The molecular formula is C17H16FN3OS. The van der Waals surface area contributed by atoms with E-state index in [2.05, 4.69) is 15.3 Å². The van der Waals surface area contributed by atoms with E-state index in [1.165, 1.54) is 23.9 Å². The van der Waals surface area contributed by atoms with Gasteiger partial charge in [-0.05, 0) is 43.2 Å². The fourth-order valence-electron chi connectivity index (χ4n) is 2.37. The first kappa shape index (κ1) is 15.7. The number of nitrogens with one attached hydrogen (secondary N) is 1. The second-order valence-corrected chi connectivity index (χ2v) is 6.90. The molecule has 2 heterocycles. The monoisotopic (exact) mass is 329 g/mol. The van der Waals surface area contributed by atoms with Crippen molar-refractivity contribution in [1.82, 2.24) is 10.3 Å². The van der Waals surface area contributed by atoms with Crippen LogP contribution in [0.2, 0.25) is 0 Å². The summed E-state index contributed by atoms with van der Waals surface area (Å²) in [5.41, 5.74) is 1.73.